The zero-order valence-corrected chi connectivity index (χ0v) is 11.9. The van der Waals surface area contributed by atoms with E-state index >= 15 is 0 Å². The first-order valence-corrected chi connectivity index (χ1v) is 6.57. The highest BCUT2D eigenvalue weighted by molar-refractivity contribution is 7.80. The third-order valence-electron chi connectivity index (χ3n) is 2.41. The molecule has 2 aromatic rings. The zero-order chi connectivity index (χ0) is 14.4. The molecule has 2 rings (SSSR count). The van der Waals surface area contributed by atoms with Gasteiger partial charge in [-0.2, -0.15) is 5.10 Å². The van der Waals surface area contributed by atoms with Crippen LogP contribution in [0.25, 0.3) is 0 Å². The second-order valence-electron chi connectivity index (χ2n) is 3.89. The average Bonchev–Trinajstić information content (AvgIpc) is 2.43. The van der Waals surface area contributed by atoms with Gasteiger partial charge in [-0.3, -0.25) is 5.43 Å². The van der Waals surface area contributed by atoms with Gasteiger partial charge in [0, 0.05) is 16.3 Å². The van der Waals surface area contributed by atoms with Gasteiger partial charge in [0.15, 0.2) is 5.11 Å². The summed E-state index contributed by atoms with van der Waals surface area (Å²) in [5.41, 5.74) is 4.08. The number of para-hydroxylation sites is 1. The van der Waals surface area contributed by atoms with E-state index in [-0.39, 0.29) is 5.75 Å². The molecule has 0 amide bonds. The number of phenolic OH excluding ortho intramolecular Hbond substituents is 1. The van der Waals surface area contributed by atoms with Crippen LogP contribution in [0.3, 0.4) is 0 Å². The Kier molecular flexibility index (Phi) is 4.92. The maximum Gasteiger partial charge on any atom is 0.191 e. The van der Waals surface area contributed by atoms with Crippen LogP contribution in [-0.4, -0.2) is 16.4 Å². The molecule has 0 aliphatic heterocycles. The minimum atomic E-state index is 0.162. The fraction of sp³-hybridized carbons (Fsp3) is 0. The lowest BCUT2D eigenvalue weighted by Gasteiger charge is -2.06. The van der Waals surface area contributed by atoms with E-state index in [2.05, 4.69) is 15.8 Å². The number of hydrazone groups is 1. The van der Waals surface area contributed by atoms with Gasteiger partial charge in [0.2, 0.25) is 0 Å². The van der Waals surface area contributed by atoms with Crippen LogP contribution in [0.2, 0.25) is 5.02 Å². The van der Waals surface area contributed by atoms with E-state index in [0.29, 0.717) is 15.7 Å². The van der Waals surface area contributed by atoms with Gasteiger partial charge in [-0.1, -0.05) is 23.7 Å². The molecule has 0 bridgehead atoms. The Morgan fingerprint density at radius 1 is 1.15 bits per heavy atom. The first-order valence-electron chi connectivity index (χ1n) is 5.79. The summed E-state index contributed by atoms with van der Waals surface area (Å²) in [4.78, 5) is 0. The van der Waals surface area contributed by atoms with Gasteiger partial charge in [0.25, 0.3) is 0 Å². The highest BCUT2D eigenvalue weighted by Crippen LogP contribution is 2.13. The molecule has 0 saturated heterocycles. The fourth-order valence-corrected chi connectivity index (χ4v) is 1.75. The fourth-order valence-electron chi connectivity index (χ4n) is 1.45. The summed E-state index contributed by atoms with van der Waals surface area (Å²) < 4.78 is 0. The number of benzene rings is 2. The highest BCUT2D eigenvalue weighted by atomic mass is 35.5. The molecule has 2 aromatic carbocycles. The maximum absolute atomic E-state index is 9.56. The molecule has 4 nitrogen and oxygen atoms in total. The molecule has 20 heavy (non-hydrogen) atoms. The first kappa shape index (κ1) is 14.3. The Balaban J connectivity index is 1.89. The van der Waals surface area contributed by atoms with Crippen molar-refractivity contribution < 1.29 is 5.11 Å². The van der Waals surface area contributed by atoms with E-state index < -0.39 is 0 Å². The van der Waals surface area contributed by atoms with E-state index in [0.717, 1.165) is 5.69 Å². The zero-order valence-electron chi connectivity index (χ0n) is 10.4. The second kappa shape index (κ2) is 6.88. The first-order chi connectivity index (χ1) is 9.65. The standard InChI is InChI=1S/C14H12ClN3OS/c15-11-5-7-12(8-6-11)17-14(20)18-16-9-10-3-1-2-4-13(10)19/h1-9,19H,(H2,17,18,20). The van der Waals surface area contributed by atoms with Crippen molar-refractivity contribution in [3.8, 4) is 5.75 Å². The number of aromatic hydroxyl groups is 1. The number of hydrogen-bond acceptors (Lipinski definition) is 3. The van der Waals surface area contributed by atoms with Crippen molar-refractivity contribution in [2.24, 2.45) is 5.10 Å². The Labute approximate surface area is 127 Å². The summed E-state index contributed by atoms with van der Waals surface area (Å²) in [6.07, 6.45) is 1.49. The van der Waals surface area contributed by atoms with Crippen LogP contribution in [0.5, 0.6) is 5.75 Å². The summed E-state index contributed by atoms with van der Waals surface area (Å²) in [7, 11) is 0. The van der Waals surface area contributed by atoms with E-state index in [4.69, 9.17) is 23.8 Å². The molecule has 0 spiro atoms. The highest BCUT2D eigenvalue weighted by Gasteiger charge is 1.97. The van der Waals surface area contributed by atoms with Crippen LogP contribution in [0.15, 0.2) is 53.6 Å². The van der Waals surface area contributed by atoms with Crippen LogP contribution < -0.4 is 10.7 Å². The van der Waals surface area contributed by atoms with Crippen molar-refractivity contribution >= 4 is 40.8 Å². The van der Waals surface area contributed by atoms with Crippen LogP contribution in [0.4, 0.5) is 5.69 Å². The minimum Gasteiger partial charge on any atom is -0.507 e. The van der Waals surface area contributed by atoms with Gasteiger partial charge in [0.05, 0.1) is 6.21 Å². The molecular weight excluding hydrogens is 294 g/mol. The second-order valence-corrected chi connectivity index (χ2v) is 4.73. The normalized spacial score (nSPS) is 10.4. The predicted molar refractivity (Wildman–Crippen MR) is 86.5 cm³/mol. The number of hydrogen-bond donors (Lipinski definition) is 3. The lowest BCUT2D eigenvalue weighted by molar-refractivity contribution is 0.474. The Hall–Kier alpha value is -2.11. The van der Waals surface area contributed by atoms with Crippen LogP contribution in [0, 0.1) is 0 Å². The molecule has 6 heteroatoms. The quantitative estimate of drug-likeness (QED) is 0.462. The number of thiocarbonyl (C=S) groups is 1. The third-order valence-corrected chi connectivity index (χ3v) is 2.85. The molecule has 0 radical (unpaired) electrons. The van der Waals surface area contributed by atoms with Crippen LogP contribution in [0.1, 0.15) is 5.56 Å². The molecule has 0 unspecified atom stereocenters. The van der Waals surface area contributed by atoms with E-state index in [1.807, 2.05) is 18.2 Å². The van der Waals surface area contributed by atoms with Gasteiger partial charge >= 0.3 is 0 Å². The van der Waals surface area contributed by atoms with Crippen LogP contribution >= 0.6 is 23.8 Å². The van der Waals surface area contributed by atoms with Crippen molar-refractivity contribution in [3.63, 3.8) is 0 Å². The summed E-state index contributed by atoms with van der Waals surface area (Å²) in [5, 5.41) is 17.5. The Morgan fingerprint density at radius 2 is 1.85 bits per heavy atom. The molecule has 0 fully saturated rings. The molecule has 0 aliphatic carbocycles. The van der Waals surface area contributed by atoms with Crippen molar-refractivity contribution in [2.45, 2.75) is 0 Å². The summed E-state index contributed by atoms with van der Waals surface area (Å²) in [6.45, 7) is 0. The number of rotatable bonds is 3. The maximum atomic E-state index is 9.56. The molecule has 0 aliphatic rings. The van der Waals surface area contributed by atoms with Crippen molar-refractivity contribution in [1.29, 1.82) is 0 Å². The molecular formula is C14H12ClN3OS. The van der Waals surface area contributed by atoms with Gasteiger partial charge in [-0.15, -0.1) is 0 Å². The monoisotopic (exact) mass is 305 g/mol. The molecule has 0 heterocycles. The average molecular weight is 306 g/mol. The Morgan fingerprint density at radius 3 is 2.55 bits per heavy atom. The SMILES string of the molecule is Oc1ccccc1C=NNC(=S)Nc1ccc(Cl)cc1. The van der Waals surface area contributed by atoms with Gasteiger partial charge in [0.1, 0.15) is 5.75 Å². The number of phenols is 1. The molecule has 102 valence electrons. The van der Waals surface area contributed by atoms with Gasteiger partial charge in [-0.25, -0.2) is 0 Å². The lowest BCUT2D eigenvalue weighted by Crippen LogP contribution is -2.23. The number of nitrogens with one attached hydrogen (secondary N) is 2. The van der Waals surface area contributed by atoms with E-state index in [1.54, 1.807) is 30.3 Å². The lowest BCUT2D eigenvalue weighted by atomic mass is 10.2. The van der Waals surface area contributed by atoms with Gasteiger partial charge < -0.3 is 10.4 Å². The molecule has 3 N–H and O–H groups in total. The number of halogens is 1. The van der Waals surface area contributed by atoms with Crippen molar-refractivity contribution in [2.75, 3.05) is 5.32 Å². The molecule has 0 saturated carbocycles. The topological polar surface area (TPSA) is 56.7 Å². The van der Waals surface area contributed by atoms with Crippen LogP contribution in [-0.2, 0) is 0 Å². The Bertz CT molecular complexity index is 629. The predicted octanol–water partition coefficient (Wildman–Crippen LogP) is 3.37. The molecule has 0 atom stereocenters. The summed E-state index contributed by atoms with van der Waals surface area (Å²) >= 11 is 10.9. The largest absolute Gasteiger partial charge is 0.507 e. The van der Waals surface area contributed by atoms with E-state index in [1.165, 1.54) is 6.21 Å². The van der Waals surface area contributed by atoms with Crippen molar-refractivity contribution in [1.82, 2.24) is 5.43 Å². The summed E-state index contributed by atoms with van der Waals surface area (Å²) in [6, 6.07) is 14.0. The number of anilines is 1. The van der Waals surface area contributed by atoms with E-state index in [9.17, 15) is 5.11 Å². The smallest absolute Gasteiger partial charge is 0.191 e. The summed E-state index contributed by atoms with van der Waals surface area (Å²) in [5.74, 6) is 0.162. The minimum absolute atomic E-state index is 0.162. The third kappa shape index (κ3) is 4.22. The number of nitrogens with zero attached hydrogens (tertiary/aromatic N) is 1. The molecule has 0 aromatic heterocycles. The van der Waals surface area contributed by atoms with Gasteiger partial charge in [-0.05, 0) is 48.6 Å². The van der Waals surface area contributed by atoms with Crippen molar-refractivity contribution in [3.05, 3.63) is 59.1 Å².